The summed E-state index contributed by atoms with van der Waals surface area (Å²) in [5.41, 5.74) is 1.71. The van der Waals surface area contributed by atoms with Gasteiger partial charge in [0.1, 0.15) is 5.82 Å². The van der Waals surface area contributed by atoms with Gasteiger partial charge >= 0.3 is 0 Å². The zero-order valence-corrected chi connectivity index (χ0v) is 12.9. The van der Waals surface area contributed by atoms with Crippen LogP contribution in [0.3, 0.4) is 0 Å². The van der Waals surface area contributed by atoms with Crippen LogP contribution >= 0.6 is 0 Å². The third kappa shape index (κ3) is 3.95. The minimum Gasteiger partial charge on any atom is -0.283 e. The molecule has 1 heterocycles. The van der Waals surface area contributed by atoms with Gasteiger partial charge in [0.05, 0.1) is 17.1 Å². The smallest absolute Gasteiger partial charge is 0.236 e. The van der Waals surface area contributed by atoms with Crippen LogP contribution in [0.5, 0.6) is 0 Å². The number of hydrogen-bond donors (Lipinski definition) is 1. The number of sulfonamides is 1. The van der Waals surface area contributed by atoms with Crippen LogP contribution in [0.15, 0.2) is 67.0 Å². The Morgan fingerprint density at radius 1 is 1.09 bits per heavy atom. The fourth-order valence-electron chi connectivity index (χ4n) is 2.15. The molecule has 3 rings (SSSR count). The number of anilines is 1. The molecule has 0 amide bonds. The van der Waals surface area contributed by atoms with E-state index in [1.807, 2.05) is 6.07 Å². The van der Waals surface area contributed by atoms with E-state index >= 15 is 0 Å². The molecule has 0 saturated carbocycles. The Hall–Kier alpha value is -2.67. The second-order valence-electron chi connectivity index (χ2n) is 4.99. The second kappa shape index (κ2) is 6.21. The van der Waals surface area contributed by atoms with Crippen molar-refractivity contribution in [2.75, 3.05) is 4.72 Å². The van der Waals surface area contributed by atoms with Gasteiger partial charge in [0.25, 0.3) is 0 Å². The van der Waals surface area contributed by atoms with E-state index < -0.39 is 15.8 Å². The second-order valence-corrected chi connectivity index (χ2v) is 6.71. The molecule has 118 valence electrons. The summed E-state index contributed by atoms with van der Waals surface area (Å²) in [6.45, 7) is 0. The van der Waals surface area contributed by atoms with Crippen molar-refractivity contribution in [2.24, 2.45) is 0 Å². The van der Waals surface area contributed by atoms with Gasteiger partial charge in [-0.25, -0.2) is 17.5 Å². The monoisotopic (exact) mass is 331 g/mol. The van der Waals surface area contributed by atoms with Gasteiger partial charge in [-0.05, 0) is 42.0 Å². The lowest BCUT2D eigenvalue weighted by molar-refractivity contribution is 0.600. The lowest BCUT2D eigenvalue weighted by Gasteiger charge is -2.10. The van der Waals surface area contributed by atoms with Crippen molar-refractivity contribution >= 4 is 15.7 Å². The molecule has 1 N–H and O–H groups in total. The molecule has 7 heteroatoms. The maximum Gasteiger partial charge on any atom is 0.236 e. The van der Waals surface area contributed by atoms with Crippen molar-refractivity contribution in [2.45, 2.75) is 5.75 Å². The zero-order valence-electron chi connectivity index (χ0n) is 12.1. The normalized spacial score (nSPS) is 11.3. The lowest BCUT2D eigenvalue weighted by atomic mass is 10.2. The Morgan fingerprint density at radius 3 is 2.57 bits per heavy atom. The molecule has 23 heavy (non-hydrogen) atoms. The average molecular weight is 331 g/mol. The SMILES string of the molecule is O=S(=O)(Cc1ccc(F)cc1)Nc1cccc(-n2cccn2)c1. The van der Waals surface area contributed by atoms with Gasteiger partial charge in [0.2, 0.25) is 10.0 Å². The number of nitrogens with zero attached hydrogens (tertiary/aromatic N) is 2. The lowest BCUT2D eigenvalue weighted by Crippen LogP contribution is -2.15. The molecule has 0 unspecified atom stereocenters. The van der Waals surface area contributed by atoms with Crippen molar-refractivity contribution in [3.8, 4) is 5.69 Å². The summed E-state index contributed by atoms with van der Waals surface area (Å²) >= 11 is 0. The molecule has 0 aliphatic carbocycles. The summed E-state index contributed by atoms with van der Waals surface area (Å²) in [7, 11) is -3.59. The number of rotatable bonds is 5. The topological polar surface area (TPSA) is 64.0 Å². The van der Waals surface area contributed by atoms with Gasteiger partial charge in [-0.2, -0.15) is 5.10 Å². The summed E-state index contributed by atoms with van der Waals surface area (Å²) in [6.07, 6.45) is 3.41. The Balaban J connectivity index is 1.78. The highest BCUT2D eigenvalue weighted by molar-refractivity contribution is 7.91. The molecule has 0 bridgehead atoms. The number of aromatic nitrogens is 2. The molecule has 0 aliphatic rings. The van der Waals surface area contributed by atoms with Gasteiger partial charge < -0.3 is 0 Å². The molecule has 5 nitrogen and oxygen atoms in total. The molecular formula is C16H14FN3O2S. The van der Waals surface area contributed by atoms with Gasteiger partial charge in [-0.1, -0.05) is 18.2 Å². The molecule has 0 radical (unpaired) electrons. The zero-order chi connectivity index (χ0) is 16.3. The Kier molecular flexibility index (Phi) is 4.12. The molecule has 0 spiro atoms. The third-order valence-electron chi connectivity index (χ3n) is 3.16. The Bertz CT molecular complexity index is 891. The third-order valence-corrected chi connectivity index (χ3v) is 4.42. The predicted molar refractivity (Wildman–Crippen MR) is 86.2 cm³/mol. The summed E-state index contributed by atoms with van der Waals surface area (Å²) in [6, 6.07) is 14.1. The van der Waals surface area contributed by atoms with Crippen molar-refractivity contribution < 1.29 is 12.8 Å². The van der Waals surface area contributed by atoms with Crippen LogP contribution in [0, 0.1) is 5.82 Å². The quantitative estimate of drug-likeness (QED) is 0.782. The summed E-state index contributed by atoms with van der Waals surface area (Å²) in [5.74, 6) is -0.620. The molecular weight excluding hydrogens is 317 g/mol. The highest BCUT2D eigenvalue weighted by Gasteiger charge is 2.12. The molecule has 1 aromatic heterocycles. The van der Waals surface area contributed by atoms with E-state index in [2.05, 4.69) is 9.82 Å². The maximum atomic E-state index is 12.9. The van der Waals surface area contributed by atoms with E-state index in [0.717, 1.165) is 5.69 Å². The van der Waals surface area contributed by atoms with Crippen molar-refractivity contribution in [1.82, 2.24) is 9.78 Å². The maximum absolute atomic E-state index is 12.9. The van der Waals surface area contributed by atoms with Gasteiger partial charge in [0.15, 0.2) is 0 Å². The molecule has 2 aromatic carbocycles. The van der Waals surface area contributed by atoms with Crippen LogP contribution in [0.25, 0.3) is 5.69 Å². The van der Waals surface area contributed by atoms with Crippen LogP contribution in [0.1, 0.15) is 5.56 Å². The molecule has 3 aromatic rings. The fraction of sp³-hybridized carbons (Fsp3) is 0.0625. The highest BCUT2D eigenvalue weighted by Crippen LogP contribution is 2.17. The summed E-state index contributed by atoms with van der Waals surface area (Å²) in [5, 5.41) is 4.10. The first kappa shape index (κ1) is 15.2. The molecule has 0 atom stereocenters. The van der Waals surface area contributed by atoms with E-state index in [1.165, 1.54) is 24.3 Å². The van der Waals surface area contributed by atoms with Crippen LogP contribution in [-0.4, -0.2) is 18.2 Å². The van der Waals surface area contributed by atoms with E-state index in [4.69, 9.17) is 0 Å². The van der Waals surface area contributed by atoms with Crippen molar-refractivity contribution in [3.05, 3.63) is 78.4 Å². The Labute approximate surface area is 133 Å². The first-order chi connectivity index (χ1) is 11.0. The number of benzene rings is 2. The molecule has 0 aliphatic heterocycles. The van der Waals surface area contributed by atoms with Gasteiger partial charge in [-0.15, -0.1) is 0 Å². The standard InChI is InChI=1S/C16H14FN3O2S/c17-14-7-5-13(6-8-14)12-23(21,22)19-15-3-1-4-16(11-15)20-10-2-9-18-20/h1-11,19H,12H2. The van der Waals surface area contributed by atoms with Crippen LogP contribution in [-0.2, 0) is 15.8 Å². The average Bonchev–Trinajstić information content (AvgIpc) is 3.03. The van der Waals surface area contributed by atoms with Crippen molar-refractivity contribution in [3.63, 3.8) is 0 Å². The molecule has 0 saturated heterocycles. The fourth-order valence-corrected chi connectivity index (χ4v) is 3.34. The first-order valence-corrected chi connectivity index (χ1v) is 8.52. The van der Waals surface area contributed by atoms with Crippen LogP contribution < -0.4 is 4.72 Å². The largest absolute Gasteiger partial charge is 0.283 e. The minimum absolute atomic E-state index is 0.223. The Morgan fingerprint density at radius 2 is 1.87 bits per heavy atom. The van der Waals surface area contributed by atoms with Gasteiger partial charge in [-0.3, -0.25) is 4.72 Å². The van der Waals surface area contributed by atoms with E-state index in [0.29, 0.717) is 11.3 Å². The van der Waals surface area contributed by atoms with E-state index in [-0.39, 0.29) is 5.75 Å². The highest BCUT2D eigenvalue weighted by atomic mass is 32.2. The minimum atomic E-state index is -3.59. The summed E-state index contributed by atoms with van der Waals surface area (Å²) < 4.78 is 41.5. The molecule has 0 fully saturated rings. The van der Waals surface area contributed by atoms with Crippen molar-refractivity contribution in [1.29, 1.82) is 0 Å². The number of hydrogen-bond acceptors (Lipinski definition) is 3. The van der Waals surface area contributed by atoms with Gasteiger partial charge in [0, 0.05) is 12.4 Å². The predicted octanol–water partition coefficient (Wildman–Crippen LogP) is 2.95. The van der Waals surface area contributed by atoms with E-state index in [1.54, 1.807) is 41.3 Å². The summed E-state index contributed by atoms with van der Waals surface area (Å²) in [4.78, 5) is 0. The van der Waals surface area contributed by atoms with Crippen LogP contribution in [0.2, 0.25) is 0 Å². The first-order valence-electron chi connectivity index (χ1n) is 6.87. The number of nitrogens with one attached hydrogen (secondary N) is 1. The van der Waals surface area contributed by atoms with Crippen LogP contribution in [0.4, 0.5) is 10.1 Å². The number of halogens is 1. The van der Waals surface area contributed by atoms with E-state index in [9.17, 15) is 12.8 Å².